The van der Waals surface area contributed by atoms with Gasteiger partial charge in [0.25, 0.3) is 0 Å². The summed E-state index contributed by atoms with van der Waals surface area (Å²) in [6.45, 7) is 11.5. The van der Waals surface area contributed by atoms with Crippen LogP contribution in [-0.2, 0) is 9.59 Å². The maximum atomic E-state index is 11.9. The largest absolute Gasteiger partial charge is 0.356 e. The summed E-state index contributed by atoms with van der Waals surface area (Å²) in [6.07, 6.45) is 13.8. The number of ketones is 1. The molecule has 0 saturated carbocycles. The molecule has 2 aliphatic heterocycles. The number of hydrogen-bond acceptors (Lipinski definition) is 4. The van der Waals surface area contributed by atoms with Crippen LogP contribution in [0.25, 0.3) is 0 Å². The number of nitrogens with zero attached hydrogens (tertiary/aromatic N) is 2. The number of Topliss-reactive ketones (excluding diaryl/α,β-unsaturated/α-hetero) is 1. The van der Waals surface area contributed by atoms with Gasteiger partial charge in [0.1, 0.15) is 5.78 Å². The molecule has 0 bridgehead atoms. The van der Waals surface area contributed by atoms with Gasteiger partial charge >= 0.3 is 0 Å². The van der Waals surface area contributed by atoms with Crippen LogP contribution in [0.4, 0.5) is 0 Å². The van der Waals surface area contributed by atoms with E-state index < -0.39 is 0 Å². The van der Waals surface area contributed by atoms with Gasteiger partial charge in [-0.3, -0.25) is 9.59 Å². The second kappa shape index (κ2) is 15.0. The van der Waals surface area contributed by atoms with Crippen molar-refractivity contribution in [2.45, 2.75) is 90.9 Å². The molecule has 2 heterocycles. The normalized spacial score (nSPS) is 19.8. The van der Waals surface area contributed by atoms with Crippen molar-refractivity contribution in [2.24, 2.45) is 11.8 Å². The number of piperidine rings is 2. The highest BCUT2D eigenvalue weighted by atomic mass is 16.1. The first kappa shape index (κ1) is 25.3. The maximum absolute atomic E-state index is 11.9. The molecule has 2 aliphatic rings. The Hall–Kier alpha value is -0.940. The summed E-state index contributed by atoms with van der Waals surface area (Å²) < 4.78 is 0. The van der Waals surface area contributed by atoms with Crippen LogP contribution >= 0.6 is 0 Å². The van der Waals surface area contributed by atoms with Gasteiger partial charge < -0.3 is 15.1 Å². The lowest BCUT2D eigenvalue weighted by Crippen LogP contribution is -2.37. The monoisotopic (exact) mass is 421 g/mol. The highest BCUT2D eigenvalue weighted by Gasteiger charge is 2.22. The molecule has 0 spiro atoms. The zero-order chi connectivity index (χ0) is 21.6. The first-order valence-corrected chi connectivity index (χ1v) is 12.8. The van der Waals surface area contributed by atoms with Crippen molar-refractivity contribution in [1.29, 1.82) is 0 Å². The topological polar surface area (TPSA) is 52.7 Å². The number of nitrogens with one attached hydrogen (secondary N) is 1. The molecular formula is C25H47N3O2. The Bertz CT molecular complexity index is 481. The smallest absolute Gasteiger partial charge is 0.221 e. The lowest BCUT2D eigenvalue weighted by Gasteiger charge is -2.33. The summed E-state index contributed by atoms with van der Waals surface area (Å²) in [5.41, 5.74) is 0. The molecule has 0 aromatic rings. The predicted molar refractivity (Wildman–Crippen MR) is 125 cm³/mol. The van der Waals surface area contributed by atoms with E-state index in [0.717, 1.165) is 57.2 Å². The van der Waals surface area contributed by atoms with Gasteiger partial charge in [-0.1, -0.05) is 32.6 Å². The Kier molecular flexibility index (Phi) is 12.6. The number of rotatable bonds is 14. The van der Waals surface area contributed by atoms with E-state index in [4.69, 9.17) is 0 Å². The molecule has 0 aromatic heterocycles. The molecule has 0 aromatic carbocycles. The van der Waals surface area contributed by atoms with E-state index >= 15 is 0 Å². The van der Waals surface area contributed by atoms with Crippen LogP contribution in [0.2, 0.25) is 0 Å². The van der Waals surface area contributed by atoms with Crippen molar-refractivity contribution >= 4 is 11.7 Å². The highest BCUT2D eigenvalue weighted by Crippen LogP contribution is 2.27. The first-order valence-electron chi connectivity index (χ1n) is 12.8. The average Bonchev–Trinajstić information content (AvgIpc) is 2.77. The minimum atomic E-state index is 0.189. The van der Waals surface area contributed by atoms with Crippen LogP contribution in [0.5, 0.6) is 0 Å². The van der Waals surface area contributed by atoms with E-state index in [-0.39, 0.29) is 5.91 Å². The fourth-order valence-electron chi connectivity index (χ4n) is 5.02. The summed E-state index contributed by atoms with van der Waals surface area (Å²) >= 11 is 0. The van der Waals surface area contributed by atoms with Gasteiger partial charge in [0.15, 0.2) is 0 Å². The number of likely N-dealkylation sites (tertiary alicyclic amines) is 2. The number of carbonyl (C=O) groups is 2. The lowest BCUT2D eigenvalue weighted by molar-refractivity contribution is -0.121. The van der Waals surface area contributed by atoms with Gasteiger partial charge in [0.05, 0.1) is 0 Å². The number of carbonyl (C=O) groups excluding carboxylic acids is 2. The van der Waals surface area contributed by atoms with Gasteiger partial charge in [-0.05, 0) is 77.0 Å². The van der Waals surface area contributed by atoms with Crippen molar-refractivity contribution in [1.82, 2.24) is 15.1 Å². The standard InChI is InChI=1S/C25H47N3O2/c1-3-5-9-24(29)14-20-27-16-10-22(11-17-27)7-6-8-23-12-18-28(19-13-23)21-15-25(30)26-4-2/h22-23H,3-21H2,1-2H3,(H,26,30). The van der Waals surface area contributed by atoms with E-state index in [0.29, 0.717) is 12.2 Å². The Morgan fingerprint density at radius 1 is 0.767 bits per heavy atom. The van der Waals surface area contributed by atoms with E-state index in [2.05, 4.69) is 22.0 Å². The maximum Gasteiger partial charge on any atom is 0.221 e. The SMILES string of the molecule is CCCCC(=O)CCN1CCC(CCCC2CCN(CCC(=O)NCC)CC2)CC1. The van der Waals surface area contributed by atoms with Crippen LogP contribution in [0.3, 0.4) is 0 Å². The van der Waals surface area contributed by atoms with Crippen LogP contribution < -0.4 is 5.32 Å². The van der Waals surface area contributed by atoms with Gasteiger partial charge in [0.2, 0.25) is 5.91 Å². The Labute approximate surface area is 185 Å². The molecule has 174 valence electrons. The lowest BCUT2D eigenvalue weighted by atomic mass is 9.87. The predicted octanol–water partition coefficient (Wildman–Crippen LogP) is 4.26. The number of hydrogen-bond donors (Lipinski definition) is 1. The number of unbranched alkanes of at least 4 members (excludes halogenated alkanes) is 1. The van der Waals surface area contributed by atoms with Crippen molar-refractivity contribution in [3.05, 3.63) is 0 Å². The molecule has 1 N–H and O–H groups in total. The summed E-state index contributed by atoms with van der Waals surface area (Å²) in [6, 6.07) is 0. The second-order valence-corrected chi connectivity index (χ2v) is 9.60. The number of amides is 1. The summed E-state index contributed by atoms with van der Waals surface area (Å²) in [4.78, 5) is 28.5. The second-order valence-electron chi connectivity index (χ2n) is 9.60. The summed E-state index contributed by atoms with van der Waals surface area (Å²) in [5, 5.41) is 2.89. The van der Waals surface area contributed by atoms with Crippen LogP contribution in [0.15, 0.2) is 0 Å². The minimum absolute atomic E-state index is 0.189. The minimum Gasteiger partial charge on any atom is -0.356 e. The van der Waals surface area contributed by atoms with Gasteiger partial charge in [-0.25, -0.2) is 0 Å². The molecule has 5 nitrogen and oxygen atoms in total. The molecule has 0 atom stereocenters. The quantitative estimate of drug-likeness (QED) is 0.455. The fourth-order valence-corrected chi connectivity index (χ4v) is 5.02. The molecule has 2 fully saturated rings. The Morgan fingerprint density at radius 2 is 1.30 bits per heavy atom. The van der Waals surface area contributed by atoms with Gasteiger partial charge in [-0.2, -0.15) is 0 Å². The third-order valence-electron chi connectivity index (χ3n) is 7.18. The molecular weight excluding hydrogens is 374 g/mol. The van der Waals surface area contributed by atoms with Crippen molar-refractivity contribution in [3.63, 3.8) is 0 Å². The van der Waals surface area contributed by atoms with E-state index in [1.54, 1.807) is 0 Å². The molecule has 0 unspecified atom stereocenters. The average molecular weight is 422 g/mol. The highest BCUT2D eigenvalue weighted by molar-refractivity contribution is 5.78. The molecule has 2 saturated heterocycles. The molecule has 2 rings (SSSR count). The van der Waals surface area contributed by atoms with Crippen molar-refractivity contribution < 1.29 is 9.59 Å². The molecule has 30 heavy (non-hydrogen) atoms. The molecule has 0 aliphatic carbocycles. The third-order valence-corrected chi connectivity index (χ3v) is 7.18. The third kappa shape index (κ3) is 10.4. The van der Waals surface area contributed by atoms with E-state index in [9.17, 15) is 9.59 Å². The first-order chi connectivity index (χ1) is 14.6. The zero-order valence-electron chi connectivity index (χ0n) is 19.8. The molecule has 1 amide bonds. The van der Waals surface area contributed by atoms with Gasteiger partial charge in [-0.15, -0.1) is 0 Å². The van der Waals surface area contributed by atoms with Crippen LogP contribution in [0, 0.1) is 11.8 Å². The van der Waals surface area contributed by atoms with Crippen molar-refractivity contribution in [2.75, 3.05) is 45.8 Å². The van der Waals surface area contributed by atoms with E-state index in [1.807, 2.05) is 6.92 Å². The Balaban J connectivity index is 1.47. The Morgan fingerprint density at radius 3 is 1.80 bits per heavy atom. The fraction of sp³-hybridized carbons (Fsp3) is 0.920. The van der Waals surface area contributed by atoms with Crippen molar-refractivity contribution in [3.8, 4) is 0 Å². The molecule has 5 heteroatoms. The van der Waals surface area contributed by atoms with E-state index in [1.165, 1.54) is 71.1 Å². The zero-order valence-corrected chi connectivity index (χ0v) is 19.8. The molecule has 0 radical (unpaired) electrons. The van der Waals surface area contributed by atoms with Crippen LogP contribution in [0.1, 0.15) is 90.9 Å². The summed E-state index contributed by atoms with van der Waals surface area (Å²) in [7, 11) is 0. The van der Waals surface area contributed by atoms with Gasteiger partial charge in [0, 0.05) is 38.9 Å². The van der Waals surface area contributed by atoms with Crippen LogP contribution in [-0.4, -0.2) is 67.3 Å². The summed E-state index contributed by atoms with van der Waals surface area (Å²) in [5.74, 6) is 2.43.